The highest BCUT2D eigenvalue weighted by molar-refractivity contribution is 6.53. The molecule has 1 aliphatic heterocycles. The summed E-state index contributed by atoms with van der Waals surface area (Å²) in [5.74, 6) is -1.11. The van der Waals surface area contributed by atoms with E-state index in [2.05, 4.69) is 52.9 Å². The van der Waals surface area contributed by atoms with E-state index in [-0.39, 0.29) is 21.6 Å². The number of hydrogen-bond acceptors (Lipinski definition) is 5. The number of ether oxygens (including phenoxy) is 1. The van der Waals surface area contributed by atoms with Crippen LogP contribution in [-0.4, -0.2) is 17.8 Å². The van der Waals surface area contributed by atoms with Crippen LogP contribution in [0.25, 0.3) is 0 Å². The summed E-state index contributed by atoms with van der Waals surface area (Å²) in [6.07, 6.45) is 0. The summed E-state index contributed by atoms with van der Waals surface area (Å²) >= 11 is 6.30. The predicted octanol–water partition coefficient (Wildman–Crippen LogP) is 7.55. The first-order chi connectivity index (χ1) is 18.6. The summed E-state index contributed by atoms with van der Waals surface area (Å²) in [7, 11) is 0. The van der Waals surface area contributed by atoms with E-state index in [0.717, 1.165) is 27.2 Å². The number of halogens is 1. The van der Waals surface area contributed by atoms with Crippen LogP contribution in [0.1, 0.15) is 74.2 Å². The van der Waals surface area contributed by atoms with Gasteiger partial charge in [-0.05, 0) is 72.2 Å². The molecule has 40 heavy (non-hydrogen) atoms. The number of carbonyl (C=O) groups is 3. The van der Waals surface area contributed by atoms with Gasteiger partial charge in [0.15, 0.2) is 0 Å². The van der Waals surface area contributed by atoms with Crippen molar-refractivity contribution in [3.8, 4) is 5.75 Å². The van der Waals surface area contributed by atoms with Crippen molar-refractivity contribution in [1.82, 2.24) is 0 Å². The van der Waals surface area contributed by atoms with Crippen LogP contribution >= 0.6 is 11.6 Å². The van der Waals surface area contributed by atoms with Crippen molar-refractivity contribution in [2.45, 2.75) is 66.2 Å². The molecule has 208 valence electrons. The Morgan fingerprint density at radius 1 is 0.825 bits per heavy atom. The number of benzene rings is 3. The fourth-order valence-corrected chi connectivity index (χ4v) is 4.76. The molecule has 3 aromatic carbocycles. The molecule has 7 heteroatoms. The van der Waals surface area contributed by atoms with Crippen molar-refractivity contribution in [3.05, 3.63) is 99.2 Å². The van der Waals surface area contributed by atoms with Crippen LogP contribution in [0.5, 0.6) is 5.75 Å². The Morgan fingerprint density at radius 3 is 2.05 bits per heavy atom. The molecule has 1 aliphatic rings. The van der Waals surface area contributed by atoms with Gasteiger partial charge in [-0.2, -0.15) is 0 Å². The van der Waals surface area contributed by atoms with Crippen LogP contribution < -0.4 is 15.0 Å². The van der Waals surface area contributed by atoms with Gasteiger partial charge < -0.3 is 10.1 Å². The van der Waals surface area contributed by atoms with Crippen molar-refractivity contribution in [2.24, 2.45) is 0 Å². The molecule has 0 bridgehead atoms. The number of imide groups is 1. The Balaban J connectivity index is 1.52. The number of nitrogens with one attached hydrogen (secondary N) is 1. The number of aryl methyl sites for hydroxylation is 2. The Bertz CT molecular complexity index is 1540. The Kier molecular flexibility index (Phi) is 7.70. The monoisotopic (exact) mass is 558 g/mol. The SMILES string of the molecule is Cc1ccc(N2C(=O)C(Cl)=C(Nc3ccc(C(=O)Oc4ccc(C(C)(C)C)cc4C(C)(C)C)cc3)C2=O)c(C)c1. The average molecular weight is 559 g/mol. The summed E-state index contributed by atoms with van der Waals surface area (Å²) in [5.41, 5.74) is 4.97. The maximum Gasteiger partial charge on any atom is 0.343 e. The van der Waals surface area contributed by atoms with E-state index >= 15 is 0 Å². The number of carbonyl (C=O) groups excluding carboxylic acids is 3. The van der Waals surface area contributed by atoms with E-state index in [9.17, 15) is 14.4 Å². The lowest BCUT2D eigenvalue weighted by Crippen LogP contribution is -2.32. The van der Waals surface area contributed by atoms with E-state index in [1.54, 1.807) is 30.3 Å². The third-order valence-electron chi connectivity index (χ3n) is 6.87. The number of amides is 2. The Hall–Kier alpha value is -3.90. The van der Waals surface area contributed by atoms with Gasteiger partial charge in [0.1, 0.15) is 16.5 Å². The molecule has 4 rings (SSSR count). The van der Waals surface area contributed by atoms with Gasteiger partial charge in [-0.1, -0.05) is 83.0 Å². The van der Waals surface area contributed by atoms with Crippen molar-refractivity contribution in [1.29, 1.82) is 0 Å². The van der Waals surface area contributed by atoms with E-state index < -0.39 is 17.8 Å². The summed E-state index contributed by atoms with van der Waals surface area (Å²) in [6, 6.07) is 17.9. The number of hydrogen-bond donors (Lipinski definition) is 1. The second-order valence-corrected chi connectivity index (χ2v) is 12.6. The van der Waals surface area contributed by atoms with Crippen LogP contribution in [0, 0.1) is 13.8 Å². The molecule has 0 saturated carbocycles. The predicted molar refractivity (Wildman–Crippen MR) is 160 cm³/mol. The van der Waals surface area contributed by atoms with Gasteiger partial charge in [-0.25, -0.2) is 9.69 Å². The van der Waals surface area contributed by atoms with Crippen LogP contribution in [-0.2, 0) is 20.4 Å². The molecular formula is C33H35ClN2O4. The molecule has 6 nitrogen and oxygen atoms in total. The zero-order valence-corrected chi connectivity index (χ0v) is 25.0. The van der Waals surface area contributed by atoms with Crippen molar-refractivity contribution in [3.63, 3.8) is 0 Å². The van der Waals surface area contributed by atoms with E-state index in [0.29, 0.717) is 22.7 Å². The molecule has 0 aromatic heterocycles. The lowest BCUT2D eigenvalue weighted by Gasteiger charge is -2.26. The summed E-state index contributed by atoms with van der Waals surface area (Å²) in [4.78, 5) is 40.2. The van der Waals surface area contributed by atoms with Gasteiger partial charge in [0.2, 0.25) is 0 Å². The van der Waals surface area contributed by atoms with Crippen molar-refractivity contribution >= 4 is 40.8 Å². The maximum atomic E-state index is 13.2. The molecule has 0 radical (unpaired) electrons. The fraction of sp³-hybridized carbons (Fsp3) is 0.303. The van der Waals surface area contributed by atoms with E-state index in [1.165, 1.54) is 0 Å². The molecule has 0 fully saturated rings. The topological polar surface area (TPSA) is 75.7 Å². The van der Waals surface area contributed by atoms with Crippen molar-refractivity contribution < 1.29 is 19.1 Å². The van der Waals surface area contributed by atoms with Gasteiger partial charge >= 0.3 is 5.97 Å². The zero-order valence-electron chi connectivity index (χ0n) is 24.2. The molecule has 1 heterocycles. The van der Waals surface area contributed by atoms with Crippen molar-refractivity contribution in [2.75, 3.05) is 10.2 Å². The quantitative estimate of drug-likeness (QED) is 0.199. The highest BCUT2D eigenvalue weighted by atomic mass is 35.5. The van der Waals surface area contributed by atoms with Gasteiger partial charge in [0.05, 0.1) is 11.3 Å². The molecule has 0 atom stereocenters. The van der Waals surface area contributed by atoms with Crippen LogP contribution in [0.2, 0.25) is 0 Å². The highest BCUT2D eigenvalue weighted by Gasteiger charge is 2.39. The number of anilines is 2. The number of esters is 1. The minimum absolute atomic E-state index is 0.0178. The largest absolute Gasteiger partial charge is 0.423 e. The Labute approximate surface area is 241 Å². The van der Waals surface area contributed by atoms with E-state index in [4.69, 9.17) is 16.3 Å². The average Bonchev–Trinajstić information content (AvgIpc) is 3.06. The highest BCUT2D eigenvalue weighted by Crippen LogP contribution is 2.36. The Morgan fingerprint density at radius 2 is 1.48 bits per heavy atom. The third-order valence-corrected chi connectivity index (χ3v) is 7.22. The standard InChI is InChI=1S/C33H35ClN2O4/c1-19-9-15-25(20(2)17-19)36-29(37)27(34)28(30(36)38)35-23-13-10-21(11-14-23)31(39)40-26-16-12-22(32(3,4)5)18-24(26)33(6,7)8/h9-18,35H,1-8H3. The minimum Gasteiger partial charge on any atom is -0.423 e. The first kappa shape index (κ1) is 29.1. The van der Waals surface area contributed by atoms with Crippen LogP contribution in [0.3, 0.4) is 0 Å². The van der Waals surface area contributed by atoms with Gasteiger partial charge in [-0.15, -0.1) is 0 Å². The first-order valence-electron chi connectivity index (χ1n) is 13.2. The smallest absolute Gasteiger partial charge is 0.343 e. The summed E-state index contributed by atoms with van der Waals surface area (Å²) in [6.45, 7) is 16.5. The maximum absolute atomic E-state index is 13.2. The molecule has 0 spiro atoms. The van der Waals surface area contributed by atoms with Crippen LogP contribution in [0.4, 0.5) is 11.4 Å². The number of nitrogens with zero attached hydrogens (tertiary/aromatic N) is 1. The molecule has 2 amide bonds. The summed E-state index contributed by atoms with van der Waals surface area (Å²) in [5, 5.41) is 2.76. The number of rotatable bonds is 5. The zero-order chi connectivity index (χ0) is 29.6. The van der Waals surface area contributed by atoms with Crippen LogP contribution in [0.15, 0.2) is 71.4 Å². The summed E-state index contributed by atoms with van der Waals surface area (Å²) < 4.78 is 5.83. The van der Waals surface area contributed by atoms with Gasteiger partial charge in [-0.3, -0.25) is 9.59 Å². The fourth-order valence-electron chi connectivity index (χ4n) is 4.55. The third kappa shape index (κ3) is 5.82. The molecular weight excluding hydrogens is 524 g/mol. The minimum atomic E-state index is -0.589. The second-order valence-electron chi connectivity index (χ2n) is 12.2. The molecule has 0 aliphatic carbocycles. The molecule has 0 unspecified atom stereocenters. The first-order valence-corrected chi connectivity index (χ1v) is 13.6. The second kappa shape index (κ2) is 10.6. The molecule has 3 aromatic rings. The lowest BCUT2D eigenvalue weighted by atomic mass is 9.80. The van der Waals surface area contributed by atoms with E-state index in [1.807, 2.05) is 38.1 Å². The lowest BCUT2D eigenvalue weighted by molar-refractivity contribution is -0.120. The molecule has 1 N–H and O–H groups in total. The van der Waals surface area contributed by atoms with Gasteiger partial charge in [0.25, 0.3) is 11.8 Å². The molecule has 0 saturated heterocycles. The van der Waals surface area contributed by atoms with Gasteiger partial charge in [0, 0.05) is 11.3 Å². The normalized spacial score (nSPS) is 14.2.